The molecule has 1 aromatic rings. The molecule has 3 heteroatoms. The number of carboxylic acid groups (broad SMARTS) is 1. The zero-order chi connectivity index (χ0) is 10.7. The molecule has 0 atom stereocenters. The number of aromatic nitrogens is 1. The van der Waals surface area contributed by atoms with Crippen LogP contribution in [0.1, 0.15) is 41.2 Å². The number of aromatic carboxylic acids is 1. The van der Waals surface area contributed by atoms with Gasteiger partial charge in [0.2, 0.25) is 0 Å². The molecule has 1 aromatic heterocycles. The van der Waals surface area contributed by atoms with Crippen LogP contribution in [-0.2, 0) is 12.8 Å². The molecule has 0 aliphatic rings. The Hall–Kier alpha value is -1.38. The maximum absolute atomic E-state index is 11.0. The lowest BCUT2D eigenvalue weighted by molar-refractivity contribution is 0.0694. The third kappa shape index (κ3) is 1.92. The minimum absolute atomic E-state index is 0.365. The molecule has 0 spiro atoms. The summed E-state index contributed by atoms with van der Waals surface area (Å²) in [7, 11) is 0. The monoisotopic (exact) mass is 193 g/mol. The van der Waals surface area contributed by atoms with Crippen LogP contribution >= 0.6 is 0 Å². The minimum atomic E-state index is -0.880. The van der Waals surface area contributed by atoms with Crippen molar-refractivity contribution in [3.8, 4) is 0 Å². The maximum Gasteiger partial charge on any atom is 0.337 e. The molecule has 3 nitrogen and oxygen atoms in total. The first-order valence-corrected chi connectivity index (χ1v) is 4.82. The average molecular weight is 193 g/mol. The van der Waals surface area contributed by atoms with Crippen molar-refractivity contribution < 1.29 is 9.90 Å². The molecular weight excluding hydrogens is 178 g/mol. The van der Waals surface area contributed by atoms with E-state index in [4.69, 9.17) is 5.11 Å². The first kappa shape index (κ1) is 10.7. The molecule has 0 saturated heterocycles. The molecule has 0 aromatic carbocycles. The van der Waals surface area contributed by atoms with Crippen molar-refractivity contribution >= 4 is 5.97 Å². The quantitative estimate of drug-likeness (QED) is 0.800. The number of aryl methyl sites for hydroxylation is 3. The molecule has 0 bridgehead atoms. The molecule has 0 radical (unpaired) electrons. The van der Waals surface area contributed by atoms with Crippen LogP contribution in [0.15, 0.2) is 6.07 Å². The van der Waals surface area contributed by atoms with E-state index in [9.17, 15) is 4.79 Å². The molecule has 0 amide bonds. The van der Waals surface area contributed by atoms with Crippen molar-refractivity contribution in [1.29, 1.82) is 0 Å². The fourth-order valence-corrected chi connectivity index (χ4v) is 1.54. The number of carbonyl (C=O) groups is 1. The van der Waals surface area contributed by atoms with Crippen LogP contribution in [-0.4, -0.2) is 16.1 Å². The molecule has 0 unspecified atom stereocenters. The first-order valence-electron chi connectivity index (χ1n) is 4.82. The third-order valence-corrected chi connectivity index (χ3v) is 2.26. The third-order valence-electron chi connectivity index (χ3n) is 2.26. The highest BCUT2D eigenvalue weighted by molar-refractivity contribution is 5.90. The number of rotatable bonds is 3. The normalized spacial score (nSPS) is 10.2. The van der Waals surface area contributed by atoms with Crippen LogP contribution in [0.4, 0.5) is 0 Å². The van der Waals surface area contributed by atoms with Crippen LogP contribution in [0.3, 0.4) is 0 Å². The van der Waals surface area contributed by atoms with Gasteiger partial charge in [-0.2, -0.15) is 0 Å². The predicted octanol–water partition coefficient (Wildman–Crippen LogP) is 2.21. The van der Waals surface area contributed by atoms with Crippen LogP contribution in [0, 0.1) is 6.92 Å². The summed E-state index contributed by atoms with van der Waals surface area (Å²) in [5.41, 5.74) is 2.82. The highest BCUT2D eigenvalue weighted by Gasteiger charge is 2.14. The van der Waals surface area contributed by atoms with Gasteiger partial charge in [-0.25, -0.2) is 4.79 Å². The van der Waals surface area contributed by atoms with Crippen LogP contribution in [0.25, 0.3) is 0 Å². The number of carboxylic acids is 1. The van der Waals surface area contributed by atoms with Crippen molar-refractivity contribution in [2.24, 2.45) is 0 Å². The van der Waals surface area contributed by atoms with Gasteiger partial charge in [0.25, 0.3) is 0 Å². The Morgan fingerprint density at radius 3 is 2.50 bits per heavy atom. The fourth-order valence-electron chi connectivity index (χ4n) is 1.54. The molecule has 1 rings (SSSR count). The highest BCUT2D eigenvalue weighted by atomic mass is 16.4. The van der Waals surface area contributed by atoms with Gasteiger partial charge in [0.15, 0.2) is 0 Å². The second kappa shape index (κ2) is 4.22. The number of pyridine rings is 1. The Labute approximate surface area is 83.8 Å². The lowest BCUT2D eigenvalue weighted by atomic mass is 10.0. The van der Waals surface area contributed by atoms with E-state index in [-0.39, 0.29) is 0 Å². The first-order chi connectivity index (χ1) is 6.60. The van der Waals surface area contributed by atoms with E-state index in [1.54, 1.807) is 0 Å². The van der Waals surface area contributed by atoms with Crippen LogP contribution in [0.2, 0.25) is 0 Å². The molecule has 0 aliphatic carbocycles. The zero-order valence-electron chi connectivity index (χ0n) is 8.79. The van der Waals surface area contributed by atoms with E-state index in [1.165, 1.54) is 0 Å². The summed E-state index contributed by atoms with van der Waals surface area (Å²) in [6, 6.07) is 1.85. The Morgan fingerprint density at radius 1 is 1.43 bits per heavy atom. The summed E-state index contributed by atoms with van der Waals surface area (Å²) >= 11 is 0. The number of nitrogens with zero attached hydrogens (tertiary/aromatic N) is 1. The Morgan fingerprint density at radius 2 is 2.07 bits per heavy atom. The van der Waals surface area contributed by atoms with Gasteiger partial charge in [0, 0.05) is 5.69 Å². The number of hydrogen-bond acceptors (Lipinski definition) is 2. The van der Waals surface area contributed by atoms with Gasteiger partial charge in [-0.1, -0.05) is 13.8 Å². The van der Waals surface area contributed by atoms with Gasteiger partial charge < -0.3 is 5.11 Å². The van der Waals surface area contributed by atoms with Gasteiger partial charge in [-0.15, -0.1) is 0 Å². The second-order valence-electron chi connectivity index (χ2n) is 3.26. The van der Waals surface area contributed by atoms with E-state index in [0.717, 1.165) is 17.7 Å². The van der Waals surface area contributed by atoms with E-state index in [1.807, 2.05) is 26.8 Å². The number of hydrogen-bond donors (Lipinski definition) is 1. The van der Waals surface area contributed by atoms with Crippen molar-refractivity contribution in [2.45, 2.75) is 33.6 Å². The van der Waals surface area contributed by atoms with Crippen molar-refractivity contribution in [3.63, 3.8) is 0 Å². The molecule has 0 aliphatic heterocycles. The lowest BCUT2D eigenvalue weighted by Crippen LogP contribution is -2.08. The summed E-state index contributed by atoms with van der Waals surface area (Å²) in [6.45, 7) is 5.76. The molecule has 0 fully saturated rings. The molecule has 14 heavy (non-hydrogen) atoms. The molecule has 1 heterocycles. The summed E-state index contributed by atoms with van der Waals surface area (Å²) in [5, 5.41) is 9.00. The lowest BCUT2D eigenvalue weighted by Gasteiger charge is -2.08. The topological polar surface area (TPSA) is 50.2 Å². The van der Waals surface area contributed by atoms with E-state index >= 15 is 0 Å². The molecule has 1 N–H and O–H groups in total. The van der Waals surface area contributed by atoms with Crippen molar-refractivity contribution in [3.05, 3.63) is 28.6 Å². The van der Waals surface area contributed by atoms with E-state index < -0.39 is 5.97 Å². The van der Waals surface area contributed by atoms with Gasteiger partial charge in [0.1, 0.15) is 0 Å². The Kier molecular flexibility index (Phi) is 3.23. The zero-order valence-corrected chi connectivity index (χ0v) is 8.79. The van der Waals surface area contributed by atoms with Crippen LogP contribution in [0.5, 0.6) is 0 Å². The predicted molar refractivity (Wildman–Crippen MR) is 54.7 cm³/mol. The molecular formula is C11H15NO2. The Balaban J connectivity index is 3.34. The van der Waals surface area contributed by atoms with Gasteiger partial charge in [-0.05, 0) is 31.4 Å². The van der Waals surface area contributed by atoms with E-state index in [2.05, 4.69) is 4.98 Å². The van der Waals surface area contributed by atoms with Gasteiger partial charge in [0.05, 0.1) is 11.3 Å². The Bertz CT molecular complexity index is 359. The fraction of sp³-hybridized carbons (Fsp3) is 0.455. The standard InChI is InChI=1S/C11H15NO2/c1-4-8-6-7(3)10(11(13)14)9(5-2)12-8/h6H,4-5H2,1-3H3,(H,13,14). The highest BCUT2D eigenvalue weighted by Crippen LogP contribution is 2.15. The second-order valence-corrected chi connectivity index (χ2v) is 3.26. The minimum Gasteiger partial charge on any atom is -0.478 e. The summed E-state index contributed by atoms with van der Waals surface area (Å²) in [6.07, 6.45) is 1.50. The van der Waals surface area contributed by atoms with Gasteiger partial charge in [-0.3, -0.25) is 4.98 Å². The average Bonchev–Trinajstić information content (AvgIpc) is 2.15. The maximum atomic E-state index is 11.0. The SMILES string of the molecule is CCc1cc(C)c(C(=O)O)c(CC)n1. The van der Waals surface area contributed by atoms with Crippen LogP contribution < -0.4 is 0 Å². The smallest absolute Gasteiger partial charge is 0.337 e. The molecule has 0 saturated carbocycles. The summed E-state index contributed by atoms with van der Waals surface area (Å²) in [4.78, 5) is 15.3. The summed E-state index contributed by atoms with van der Waals surface area (Å²) in [5.74, 6) is -0.880. The largest absolute Gasteiger partial charge is 0.478 e. The van der Waals surface area contributed by atoms with Crippen molar-refractivity contribution in [2.75, 3.05) is 0 Å². The van der Waals surface area contributed by atoms with Crippen molar-refractivity contribution in [1.82, 2.24) is 4.98 Å². The van der Waals surface area contributed by atoms with E-state index in [0.29, 0.717) is 17.7 Å². The summed E-state index contributed by atoms with van der Waals surface area (Å²) < 4.78 is 0. The molecule has 76 valence electrons. The van der Waals surface area contributed by atoms with Gasteiger partial charge >= 0.3 is 5.97 Å².